The fourth-order valence-corrected chi connectivity index (χ4v) is 1.44. The molecule has 1 aromatic heterocycles. The molecule has 3 heteroatoms. The van der Waals surface area contributed by atoms with Gasteiger partial charge in [0.2, 0.25) is 0 Å². The molecule has 0 saturated heterocycles. The molecule has 0 fully saturated rings. The first-order valence-electron chi connectivity index (χ1n) is 4.12. The summed E-state index contributed by atoms with van der Waals surface area (Å²) < 4.78 is 0. The quantitative estimate of drug-likeness (QED) is 0.752. The molecule has 13 heavy (non-hydrogen) atoms. The maximum Gasteiger partial charge on any atom is 0.148 e. The summed E-state index contributed by atoms with van der Waals surface area (Å²) in [5.74, 6) is 0.596. The van der Waals surface area contributed by atoms with E-state index in [1.54, 1.807) is 11.5 Å². The highest BCUT2D eigenvalue weighted by Gasteiger charge is 2.06. The third-order valence-electron chi connectivity index (χ3n) is 1.65. The van der Waals surface area contributed by atoms with Crippen LogP contribution < -0.4 is 0 Å². The van der Waals surface area contributed by atoms with E-state index in [2.05, 4.69) is 25.4 Å². The lowest BCUT2D eigenvalue weighted by atomic mass is 10.1. The first kappa shape index (κ1) is 10.1. The molecular formula is C10H13NOS. The molecule has 1 N–H and O–H groups in total. The standard InChI is InChI=1S/C10H13NOS/c1-4-13-10-9(12)6-5-8(11-10)7(2)3/h4-7,12H,1H2,2-3H3. The second kappa shape index (κ2) is 4.33. The van der Waals surface area contributed by atoms with E-state index in [1.807, 2.05) is 6.07 Å². The SMILES string of the molecule is C=CSc1nc(C(C)C)ccc1O. The maximum atomic E-state index is 9.42. The number of hydrogen-bond donors (Lipinski definition) is 1. The molecule has 0 saturated carbocycles. The topological polar surface area (TPSA) is 33.1 Å². The Balaban J connectivity index is 3.03. The molecule has 0 aliphatic heterocycles. The number of rotatable bonds is 3. The first-order valence-corrected chi connectivity index (χ1v) is 5.00. The summed E-state index contributed by atoms with van der Waals surface area (Å²) in [6.07, 6.45) is 0. The van der Waals surface area contributed by atoms with Crippen LogP contribution in [0.15, 0.2) is 29.1 Å². The third kappa shape index (κ3) is 2.49. The van der Waals surface area contributed by atoms with Crippen LogP contribution in [0.25, 0.3) is 0 Å². The first-order chi connectivity index (χ1) is 6.15. The van der Waals surface area contributed by atoms with Gasteiger partial charge in [0.15, 0.2) is 0 Å². The third-order valence-corrected chi connectivity index (χ3v) is 2.34. The molecule has 0 aromatic carbocycles. The van der Waals surface area contributed by atoms with E-state index >= 15 is 0 Å². The summed E-state index contributed by atoms with van der Waals surface area (Å²) in [4.78, 5) is 4.30. The van der Waals surface area contributed by atoms with Gasteiger partial charge in [-0.1, -0.05) is 32.2 Å². The van der Waals surface area contributed by atoms with Crippen LogP contribution >= 0.6 is 11.8 Å². The van der Waals surface area contributed by atoms with E-state index in [4.69, 9.17) is 0 Å². The van der Waals surface area contributed by atoms with Crippen molar-refractivity contribution in [3.8, 4) is 5.75 Å². The largest absolute Gasteiger partial charge is 0.505 e. The Morgan fingerprint density at radius 3 is 2.77 bits per heavy atom. The van der Waals surface area contributed by atoms with Crippen molar-refractivity contribution in [1.29, 1.82) is 0 Å². The van der Waals surface area contributed by atoms with Crippen LogP contribution in [0.2, 0.25) is 0 Å². The average Bonchev–Trinajstić information content (AvgIpc) is 2.08. The van der Waals surface area contributed by atoms with Gasteiger partial charge < -0.3 is 5.11 Å². The maximum absolute atomic E-state index is 9.42. The van der Waals surface area contributed by atoms with Crippen LogP contribution in [-0.2, 0) is 0 Å². The second-order valence-corrected chi connectivity index (χ2v) is 3.96. The normalized spacial score (nSPS) is 10.4. The number of aromatic hydroxyl groups is 1. The summed E-state index contributed by atoms with van der Waals surface area (Å²) in [5.41, 5.74) is 0.988. The van der Waals surface area contributed by atoms with Crippen molar-refractivity contribution in [2.75, 3.05) is 0 Å². The highest BCUT2D eigenvalue weighted by Crippen LogP contribution is 2.28. The molecule has 0 bridgehead atoms. The number of pyridine rings is 1. The Morgan fingerprint density at radius 1 is 1.54 bits per heavy atom. The monoisotopic (exact) mass is 195 g/mol. The van der Waals surface area contributed by atoms with Gasteiger partial charge in [-0.05, 0) is 23.5 Å². The number of aromatic nitrogens is 1. The van der Waals surface area contributed by atoms with Gasteiger partial charge in [-0.15, -0.1) is 0 Å². The van der Waals surface area contributed by atoms with Gasteiger partial charge in [0.25, 0.3) is 0 Å². The fraction of sp³-hybridized carbons (Fsp3) is 0.300. The molecule has 0 amide bonds. The van der Waals surface area contributed by atoms with E-state index in [0.29, 0.717) is 10.9 Å². The molecule has 0 aliphatic rings. The molecule has 1 rings (SSSR count). The zero-order valence-corrected chi connectivity index (χ0v) is 8.64. The van der Waals surface area contributed by atoms with Crippen molar-refractivity contribution < 1.29 is 5.11 Å². The summed E-state index contributed by atoms with van der Waals surface area (Å²) in [5, 5.41) is 11.7. The Kier molecular flexibility index (Phi) is 3.37. The molecule has 0 radical (unpaired) electrons. The number of hydrogen-bond acceptors (Lipinski definition) is 3. The lowest BCUT2D eigenvalue weighted by molar-refractivity contribution is 0.455. The van der Waals surface area contributed by atoms with Crippen molar-refractivity contribution in [3.63, 3.8) is 0 Å². The van der Waals surface area contributed by atoms with Crippen molar-refractivity contribution in [2.45, 2.75) is 24.8 Å². The molecule has 0 spiro atoms. The lowest BCUT2D eigenvalue weighted by Crippen LogP contribution is -1.92. The van der Waals surface area contributed by atoms with Gasteiger partial charge in [-0.25, -0.2) is 4.98 Å². The van der Waals surface area contributed by atoms with Crippen LogP contribution in [0.3, 0.4) is 0 Å². The van der Waals surface area contributed by atoms with Gasteiger partial charge >= 0.3 is 0 Å². The van der Waals surface area contributed by atoms with Crippen molar-refractivity contribution in [2.24, 2.45) is 0 Å². The van der Waals surface area contributed by atoms with Crippen LogP contribution in [-0.4, -0.2) is 10.1 Å². The molecule has 1 heterocycles. The summed E-state index contributed by atoms with van der Waals surface area (Å²) in [6.45, 7) is 7.73. The van der Waals surface area contributed by atoms with Crippen LogP contribution in [0, 0.1) is 0 Å². The fourth-order valence-electron chi connectivity index (χ4n) is 0.935. The summed E-state index contributed by atoms with van der Waals surface area (Å²) >= 11 is 1.34. The van der Waals surface area contributed by atoms with Crippen molar-refractivity contribution in [1.82, 2.24) is 4.98 Å². The molecule has 0 aliphatic carbocycles. The van der Waals surface area contributed by atoms with Crippen LogP contribution in [0.4, 0.5) is 0 Å². The van der Waals surface area contributed by atoms with Gasteiger partial charge in [0.1, 0.15) is 10.8 Å². The zero-order valence-electron chi connectivity index (χ0n) is 7.82. The minimum atomic E-state index is 0.217. The number of nitrogens with zero attached hydrogens (tertiary/aromatic N) is 1. The highest BCUT2D eigenvalue weighted by molar-refractivity contribution is 8.02. The molecular weight excluding hydrogens is 182 g/mol. The molecule has 1 aromatic rings. The Labute approximate surface area is 82.7 Å². The van der Waals surface area contributed by atoms with Crippen molar-refractivity contribution >= 4 is 11.8 Å². The summed E-state index contributed by atoms with van der Waals surface area (Å²) in [7, 11) is 0. The highest BCUT2D eigenvalue weighted by atomic mass is 32.2. The second-order valence-electron chi connectivity index (χ2n) is 3.00. The Hall–Kier alpha value is -0.960. The van der Waals surface area contributed by atoms with E-state index in [0.717, 1.165) is 5.69 Å². The van der Waals surface area contributed by atoms with E-state index < -0.39 is 0 Å². The minimum absolute atomic E-state index is 0.217. The Bertz CT molecular complexity index is 310. The van der Waals surface area contributed by atoms with Crippen LogP contribution in [0.1, 0.15) is 25.5 Å². The van der Waals surface area contributed by atoms with Gasteiger partial charge in [-0.3, -0.25) is 0 Å². The van der Waals surface area contributed by atoms with Gasteiger partial charge in [0, 0.05) is 5.69 Å². The zero-order chi connectivity index (χ0) is 9.84. The summed E-state index contributed by atoms with van der Waals surface area (Å²) in [6, 6.07) is 3.52. The van der Waals surface area contributed by atoms with E-state index in [1.165, 1.54) is 11.8 Å². The Morgan fingerprint density at radius 2 is 2.23 bits per heavy atom. The van der Waals surface area contributed by atoms with Crippen LogP contribution in [0.5, 0.6) is 5.75 Å². The smallest absolute Gasteiger partial charge is 0.148 e. The molecule has 70 valence electrons. The van der Waals surface area contributed by atoms with Gasteiger partial charge in [0.05, 0.1) is 0 Å². The van der Waals surface area contributed by atoms with E-state index in [-0.39, 0.29) is 5.75 Å². The molecule has 0 atom stereocenters. The van der Waals surface area contributed by atoms with E-state index in [9.17, 15) is 5.11 Å². The predicted octanol–water partition coefficient (Wildman–Crippen LogP) is 3.15. The lowest BCUT2D eigenvalue weighted by Gasteiger charge is -2.06. The molecule has 2 nitrogen and oxygen atoms in total. The average molecular weight is 195 g/mol. The number of thioether (sulfide) groups is 1. The molecule has 0 unspecified atom stereocenters. The van der Waals surface area contributed by atoms with Crippen molar-refractivity contribution in [3.05, 3.63) is 29.8 Å². The van der Waals surface area contributed by atoms with Gasteiger partial charge in [-0.2, -0.15) is 0 Å². The minimum Gasteiger partial charge on any atom is -0.505 e. The predicted molar refractivity (Wildman–Crippen MR) is 56.0 cm³/mol.